The van der Waals surface area contributed by atoms with E-state index in [1.165, 1.54) is 54.5 Å². The van der Waals surface area contributed by atoms with Crippen molar-refractivity contribution in [1.29, 1.82) is 0 Å². The van der Waals surface area contributed by atoms with E-state index in [2.05, 4.69) is 29.6 Å². The highest BCUT2D eigenvalue weighted by Crippen LogP contribution is 2.60. The van der Waals surface area contributed by atoms with Crippen molar-refractivity contribution >= 4 is 35.0 Å². The summed E-state index contributed by atoms with van der Waals surface area (Å²) in [5.74, 6) is 3.63. The van der Waals surface area contributed by atoms with Crippen LogP contribution in [0.3, 0.4) is 0 Å². The van der Waals surface area contributed by atoms with Gasteiger partial charge in [0.25, 0.3) is 5.91 Å². The molecule has 7 rings (SSSR count). The van der Waals surface area contributed by atoms with Crippen molar-refractivity contribution in [2.75, 3.05) is 5.32 Å². The Morgan fingerprint density at radius 3 is 2.00 bits per heavy atom. The lowest BCUT2D eigenvalue weighted by molar-refractivity contribution is -0.00518. The van der Waals surface area contributed by atoms with E-state index >= 15 is 0 Å². The summed E-state index contributed by atoms with van der Waals surface area (Å²) in [4.78, 5) is 14.0. The standard InChI is InChI=1S/C30H30ClNOS/c31-26-7-11-28(12-8-26)34-19-20-1-3-24(4-2-20)29(33)32-27-9-5-25(6-10-27)30-16-21-13-22(17-30)15-23(14-21)18-30/h1-12,21-23H,13-19H2,(H,32,33). The number of rotatable bonds is 6. The van der Waals surface area contributed by atoms with Crippen LogP contribution in [0.5, 0.6) is 0 Å². The summed E-state index contributed by atoms with van der Waals surface area (Å²) in [6, 6.07) is 24.5. The average molecular weight is 488 g/mol. The van der Waals surface area contributed by atoms with Crippen LogP contribution < -0.4 is 5.32 Å². The minimum atomic E-state index is -0.0561. The number of hydrogen-bond acceptors (Lipinski definition) is 2. The Kier molecular flexibility index (Phi) is 5.95. The quantitative estimate of drug-likeness (QED) is 0.354. The Morgan fingerprint density at radius 2 is 1.41 bits per heavy atom. The molecule has 3 aromatic carbocycles. The molecule has 3 aromatic rings. The van der Waals surface area contributed by atoms with E-state index in [1.807, 2.05) is 48.5 Å². The van der Waals surface area contributed by atoms with E-state index in [1.54, 1.807) is 11.8 Å². The van der Waals surface area contributed by atoms with E-state index in [9.17, 15) is 4.79 Å². The molecule has 0 aromatic heterocycles. The van der Waals surface area contributed by atoms with E-state index in [-0.39, 0.29) is 5.91 Å². The summed E-state index contributed by atoms with van der Waals surface area (Å²) in [6.07, 6.45) is 8.50. The van der Waals surface area contributed by atoms with Crippen LogP contribution in [0.25, 0.3) is 0 Å². The summed E-state index contributed by atoms with van der Waals surface area (Å²) < 4.78 is 0. The fourth-order valence-corrected chi connectivity index (χ4v) is 8.00. The van der Waals surface area contributed by atoms with Crippen LogP contribution in [0.2, 0.25) is 5.02 Å². The molecule has 4 heteroatoms. The summed E-state index contributed by atoms with van der Waals surface area (Å²) in [7, 11) is 0. The molecule has 0 spiro atoms. The molecule has 174 valence electrons. The molecule has 34 heavy (non-hydrogen) atoms. The van der Waals surface area contributed by atoms with Gasteiger partial charge in [0.05, 0.1) is 0 Å². The zero-order valence-electron chi connectivity index (χ0n) is 19.3. The Morgan fingerprint density at radius 1 is 0.824 bits per heavy atom. The molecule has 2 nitrogen and oxygen atoms in total. The van der Waals surface area contributed by atoms with E-state index in [0.717, 1.165) is 34.2 Å². The van der Waals surface area contributed by atoms with Crippen LogP contribution in [0.15, 0.2) is 77.7 Å². The normalized spacial score (nSPS) is 27.0. The first-order valence-electron chi connectivity index (χ1n) is 12.4. The lowest BCUT2D eigenvalue weighted by Crippen LogP contribution is -2.48. The van der Waals surface area contributed by atoms with Crippen molar-refractivity contribution in [3.05, 3.63) is 94.5 Å². The van der Waals surface area contributed by atoms with Crippen LogP contribution in [-0.2, 0) is 11.2 Å². The maximum Gasteiger partial charge on any atom is 0.255 e. The minimum Gasteiger partial charge on any atom is -0.322 e. The Labute approximate surface area is 211 Å². The van der Waals surface area contributed by atoms with E-state index < -0.39 is 0 Å². The largest absolute Gasteiger partial charge is 0.322 e. The molecule has 1 N–H and O–H groups in total. The third kappa shape index (κ3) is 4.53. The van der Waals surface area contributed by atoms with Gasteiger partial charge in [-0.2, -0.15) is 0 Å². The summed E-state index contributed by atoms with van der Waals surface area (Å²) in [5, 5.41) is 3.84. The third-order valence-corrected chi connectivity index (χ3v) is 9.56. The van der Waals surface area contributed by atoms with Gasteiger partial charge < -0.3 is 5.32 Å². The topological polar surface area (TPSA) is 29.1 Å². The van der Waals surface area contributed by atoms with Gasteiger partial charge >= 0.3 is 0 Å². The zero-order valence-corrected chi connectivity index (χ0v) is 20.9. The highest BCUT2D eigenvalue weighted by Gasteiger charge is 2.51. The molecular formula is C30H30ClNOS. The monoisotopic (exact) mass is 487 g/mol. The molecule has 4 fully saturated rings. The maximum atomic E-state index is 12.8. The number of amides is 1. The molecule has 0 atom stereocenters. The first-order chi connectivity index (χ1) is 16.5. The minimum absolute atomic E-state index is 0.0561. The second-order valence-electron chi connectivity index (χ2n) is 10.7. The van der Waals surface area contributed by atoms with Crippen molar-refractivity contribution in [2.45, 2.75) is 54.6 Å². The molecule has 0 radical (unpaired) electrons. The van der Waals surface area contributed by atoms with Gasteiger partial charge in [0, 0.05) is 26.9 Å². The van der Waals surface area contributed by atoms with Crippen LogP contribution >= 0.6 is 23.4 Å². The van der Waals surface area contributed by atoms with Gasteiger partial charge in [0.2, 0.25) is 0 Å². The Hall–Kier alpha value is -2.23. The van der Waals surface area contributed by atoms with Crippen molar-refractivity contribution in [3.63, 3.8) is 0 Å². The highest BCUT2D eigenvalue weighted by atomic mass is 35.5. The number of hydrogen-bond donors (Lipinski definition) is 1. The molecule has 4 saturated carbocycles. The van der Waals surface area contributed by atoms with Crippen molar-refractivity contribution < 1.29 is 4.79 Å². The lowest BCUT2D eigenvalue weighted by atomic mass is 9.48. The molecular weight excluding hydrogens is 458 g/mol. The fraction of sp³-hybridized carbons (Fsp3) is 0.367. The van der Waals surface area contributed by atoms with E-state index in [0.29, 0.717) is 11.0 Å². The average Bonchev–Trinajstić information content (AvgIpc) is 2.83. The maximum absolute atomic E-state index is 12.8. The number of thioether (sulfide) groups is 1. The first-order valence-corrected chi connectivity index (χ1v) is 13.8. The van der Waals surface area contributed by atoms with Gasteiger partial charge in [-0.3, -0.25) is 4.79 Å². The Balaban J connectivity index is 1.07. The van der Waals surface area contributed by atoms with Gasteiger partial charge in [0.1, 0.15) is 0 Å². The van der Waals surface area contributed by atoms with Gasteiger partial charge in [-0.15, -0.1) is 11.8 Å². The van der Waals surface area contributed by atoms with Gasteiger partial charge in [0.15, 0.2) is 0 Å². The molecule has 0 aliphatic heterocycles. The zero-order chi connectivity index (χ0) is 23.1. The van der Waals surface area contributed by atoms with E-state index in [4.69, 9.17) is 11.6 Å². The van der Waals surface area contributed by atoms with Crippen LogP contribution in [0.4, 0.5) is 5.69 Å². The number of halogens is 1. The molecule has 4 aliphatic rings. The second-order valence-corrected chi connectivity index (χ2v) is 12.2. The smallest absolute Gasteiger partial charge is 0.255 e. The second kappa shape index (κ2) is 9.09. The summed E-state index contributed by atoms with van der Waals surface area (Å²) in [6.45, 7) is 0. The van der Waals surface area contributed by atoms with Gasteiger partial charge in [-0.05, 0) is 121 Å². The number of carbonyl (C=O) groups is 1. The number of anilines is 1. The highest BCUT2D eigenvalue weighted by molar-refractivity contribution is 7.98. The summed E-state index contributed by atoms with van der Waals surface area (Å²) in [5.41, 5.74) is 4.65. The van der Waals surface area contributed by atoms with Crippen molar-refractivity contribution in [2.24, 2.45) is 17.8 Å². The molecule has 4 bridgehead atoms. The van der Waals surface area contributed by atoms with Gasteiger partial charge in [-0.1, -0.05) is 35.9 Å². The number of benzene rings is 3. The summed E-state index contributed by atoms with van der Waals surface area (Å²) >= 11 is 7.72. The molecule has 1 amide bonds. The number of carbonyl (C=O) groups excluding carboxylic acids is 1. The third-order valence-electron chi connectivity index (χ3n) is 8.23. The van der Waals surface area contributed by atoms with Crippen LogP contribution in [0, 0.1) is 17.8 Å². The van der Waals surface area contributed by atoms with Gasteiger partial charge in [-0.25, -0.2) is 0 Å². The SMILES string of the molecule is O=C(Nc1ccc(C23CC4CC(CC(C4)C2)C3)cc1)c1ccc(CSc2ccc(Cl)cc2)cc1. The lowest BCUT2D eigenvalue weighted by Gasteiger charge is -2.57. The number of nitrogens with one attached hydrogen (secondary N) is 1. The molecule has 4 aliphatic carbocycles. The predicted octanol–water partition coefficient (Wildman–Crippen LogP) is 8.35. The first kappa shape index (κ1) is 22.2. The predicted molar refractivity (Wildman–Crippen MR) is 142 cm³/mol. The fourth-order valence-electron chi connectivity index (χ4n) is 7.02. The van der Waals surface area contributed by atoms with Crippen molar-refractivity contribution in [3.8, 4) is 0 Å². The molecule has 0 unspecified atom stereocenters. The van der Waals surface area contributed by atoms with Crippen LogP contribution in [-0.4, -0.2) is 5.91 Å². The molecule has 0 heterocycles. The Bertz CT molecular complexity index is 1130. The van der Waals surface area contributed by atoms with Crippen molar-refractivity contribution in [1.82, 2.24) is 0 Å². The van der Waals surface area contributed by atoms with Crippen LogP contribution in [0.1, 0.15) is 60.0 Å². The molecule has 0 saturated heterocycles.